The van der Waals surface area contributed by atoms with Gasteiger partial charge in [-0.2, -0.15) is 0 Å². The van der Waals surface area contributed by atoms with E-state index in [2.05, 4.69) is 6.07 Å². The molecule has 0 saturated heterocycles. The molecule has 3 aromatic rings. The van der Waals surface area contributed by atoms with Gasteiger partial charge in [-0.25, -0.2) is 0 Å². The van der Waals surface area contributed by atoms with Gasteiger partial charge < -0.3 is 0 Å². The van der Waals surface area contributed by atoms with Gasteiger partial charge in [-0.1, -0.05) is 47.5 Å². The summed E-state index contributed by atoms with van der Waals surface area (Å²) in [4.78, 5) is 0. The van der Waals surface area contributed by atoms with E-state index in [9.17, 15) is 0 Å². The van der Waals surface area contributed by atoms with Crippen LogP contribution in [0.4, 0.5) is 0 Å². The van der Waals surface area contributed by atoms with E-state index in [-0.39, 0.29) is 26.2 Å². The Balaban J connectivity index is 0.00000108. The number of benzene rings is 2. The van der Waals surface area contributed by atoms with Gasteiger partial charge in [0.15, 0.2) is 0 Å². The quantitative estimate of drug-likeness (QED) is 0.358. The molecule has 4 heteroatoms. The van der Waals surface area contributed by atoms with Gasteiger partial charge in [0.2, 0.25) is 0 Å². The molecule has 0 heterocycles. The minimum atomic E-state index is 0. The third-order valence-electron chi connectivity index (χ3n) is 2.75. The molecule has 0 saturated carbocycles. The molecule has 0 aliphatic carbocycles. The smallest absolute Gasteiger partial charge is 0.0457 e. The van der Waals surface area contributed by atoms with Crippen LogP contribution in [-0.4, -0.2) is 0 Å². The molecule has 0 radical (unpaired) electrons. The predicted molar refractivity (Wildman–Crippen MR) is 72.1 cm³/mol. The Morgan fingerprint density at radius 1 is 0.882 bits per heavy atom. The van der Waals surface area contributed by atoms with Crippen LogP contribution in [0.15, 0.2) is 36.4 Å². The fourth-order valence-corrected chi connectivity index (χ4v) is 2.66. The van der Waals surface area contributed by atoms with Crippen LogP contribution in [-0.2, 0) is 26.2 Å². The van der Waals surface area contributed by atoms with Gasteiger partial charge in [0.25, 0.3) is 0 Å². The Bertz CT molecular complexity index is 701. The summed E-state index contributed by atoms with van der Waals surface area (Å²) in [6.45, 7) is 0. The third-order valence-corrected chi connectivity index (χ3v) is 4.03. The van der Waals surface area contributed by atoms with Gasteiger partial charge in [-0.15, -0.1) is 45.3 Å². The van der Waals surface area contributed by atoms with Crippen LogP contribution >= 0.6 is 34.8 Å². The maximum absolute atomic E-state index is 6.19. The van der Waals surface area contributed by atoms with Crippen LogP contribution in [0.1, 0.15) is 0 Å². The molecule has 3 rings (SSSR count). The van der Waals surface area contributed by atoms with Gasteiger partial charge in [0.1, 0.15) is 0 Å². The van der Waals surface area contributed by atoms with Gasteiger partial charge in [0, 0.05) is 41.3 Å². The number of hydrogen-bond donors (Lipinski definition) is 0. The molecule has 0 aliphatic rings. The molecule has 0 aromatic heterocycles. The van der Waals surface area contributed by atoms with Gasteiger partial charge >= 0.3 is 0 Å². The maximum atomic E-state index is 6.19. The summed E-state index contributed by atoms with van der Waals surface area (Å²) in [5, 5.41) is 5.75. The summed E-state index contributed by atoms with van der Waals surface area (Å²) in [6.07, 6.45) is 0. The van der Waals surface area contributed by atoms with E-state index in [1.165, 1.54) is 0 Å². The van der Waals surface area contributed by atoms with Crippen molar-refractivity contribution in [3.05, 3.63) is 51.5 Å². The Morgan fingerprint density at radius 3 is 2.35 bits per heavy atom. The number of hydrogen-bond acceptors (Lipinski definition) is 0. The Labute approximate surface area is 133 Å². The summed E-state index contributed by atoms with van der Waals surface area (Å²) in [5.74, 6) is 0. The van der Waals surface area contributed by atoms with E-state index in [0.29, 0.717) is 15.1 Å². The van der Waals surface area contributed by atoms with Crippen molar-refractivity contribution < 1.29 is 26.2 Å². The van der Waals surface area contributed by atoms with Crippen molar-refractivity contribution in [3.8, 4) is 0 Å². The molecule has 0 N–H and O–H groups in total. The van der Waals surface area contributed by atoms with E-state index in [0.717, 1.165) is 21.5 Å². The van der Waals surface area contributed by atoms with Gasteiger partial charge in [-0.05, 0) is 0 Å². The van der Waals surface area contributed by atoms with E-state index in [1.807, 2.05) is 30.3 Å². The monoisotopic (exact) mass is 357 g/mol. The minimum absolute atomic E-state index is 0. The van der Waals surface area contributed by atoms with Crippen LogP contribution in [0.2, 0.25) is 15.1 Å². The zero-order valence-corrected chi connectivity index (χ0v) is 13.3. The molecule has 0 bridgehead atoms. The summed E-state index contributed by atoms with van der Waals surface area (Å²) in [5.41, 5.74) is 0. The topological polar surface area (TPSA) is 0 Å². The van der Waals surface area contributed by atoms with Gasteiger partial charge in [-0.3, -0.25) is 0 Å². The largest absolute Gasteiger partial charge is 0.132 e. The predicted octanol–water partition coefficient (Wildman–Crippen LogP) is 5.67. The van der Waals surface area contributed by atoms with Crippen molar-refractivity contribution in [2.24, 2.45) is 0 Å². The molecule has 0 nitrogen and oxygen atoms in total. The summed E-state index contributed by atoms with van der Waals surface area (Å²) < 4.78 is 0. The molecule has 0 unspecified atom stereocenters. The van der Waals surface area contributed by atoms with Crippen molar-refractivity contribution in [3.63, 3.8) is 0 Å². The molecule has 84 valence electrons. The van der Waals surface area contributed by atoms with E-state index in [1.54, 1.807) is 0 Å². The van der Waals surface area contributed by atoms with Crippen LogP contribution in [0.5, 0.6) is 0 Å². The first kappa shape index (κ1) is 13.5. The first-order chi connectivity index (χ1) is 7.68. The van der Waals surface area contributed by atoms with Crippen molar-refractivity contribution in [2.75, 3.05) is 0 Å². The Morgan fingerprint density at radius 2 is 1.59 bits per heavy atom. The van der Waals surface area contributed by atoms with Gasteiger partial charge in [0.05, 0.1) is 0 Å². The average molecular weight is 360 g/mol. The first-order valence-corrected chi connectivity index (χ1v) is 5.93. The van der Waals surface area contributed by atoms with Crippen molar-refractivity contribution in [1.82, 2.24) is 0 Å². The number of rotatable bonds is 0. The van der Waals surface area contributed by atoms with Crippen LogP contribution in [0, 0.1) is 0 Å². The standard InChI is InChI=1S/C13H6Cl3.Zr/c14-11-6-9-8-4-2-1-3-7(8)5-10(9)12(15)13(11)16;/h1-6H;/q-1;. The Kier molecular flexibility index (Phi) is 3.95. The molecular weight excluding hydrogens is 354 g/mol. The van der Waals surface area contributed by atoms with Crippen molar-refractivity contribution in [2.45, 2.75) is 0 Å². The van der Waals surface area contributed by atoms with E-state index >= 15 is 0 Å². The molecule has 17 heavy (non-hydrogen) atoms. The Hall–Kier alpha value is 0.0631. The summed E-state index contributed by atoms with van der Waals surface area (Å²) in [7, 11) is 0. The zero-order chi connectivity index (χ0) is 11.3. The normalized spacial score (nSPS) is 10.8. The maximum Gasteiger partial charge on any atom is 0.0457 e. The van der Waals surface area contributed by atoms with Crippen LogP contribution < -0.4 is 0 Å². The molecule has 0 spiro atoms. The molecule has 0 aliphatic heterocycles. The van der Waals surface area contributed by atoms with Crippen molar-refractivity contribution >= 4 is 56.3 Å². The molecule has 0 atom stereocenters. The van der Waals surface area contributed by atoms with E-state index in [4.69, 9.17) is 34.8 Å². The molecular formula is C13H6Cl3Zr-. The van der Waals surface area contributed by atoms with E-state index < -0.39 is 0 Å². The average Bonchev–Trinajstić information content (AvgIpc) is 2.65. The minimum Gasteiger partial charge on any atom is -0.132 e. The van der Waals surface area contributed by atoms with Crippen LogP contribution in [0.3, 0.4) is 0 Å². The second-order valence-electron chi connectivity index (χ2n) is 3.68. The second-order valence-corrected chi connectivity index (χ2v) is 4.84. The fourth-order valence-electron chi connectivity index (χ4n) is 2.00. The molecule has 3 aromatic carbocycles. The van der Waals surface area contributed by atoms with Crippen molar-refractivity contribution in [1.29, 1.82) is 0 Å². The number of fused-ring (bicyclic) bond motifs is 3. The zero-order valence-electron chi connectivity index (χ0n) is 8.60. The first-order valence-electron chi connectivity index (χ1n) is 4.80. The summed E-state index contributed by atoms with van der Waals surface area (Å²) in [6, 6.07) is 12.0. The summed E-state index contributed by atoms with van der Waals surface area (Å²) >= 11 is 18.2. The SMILES string of the molecule is Clc1cc2c([cH-]c3ccccc32)c(Cl)c1Cl.[Zr]. The molecule has 0 amide bonds. The van der Waals surface area contributed by atoms with Crippen LogP contribution in [0.25, 0.3) is 21.5 Å². The fraction of sp³-hybridized carbons (Fsp3) is 0. The second kappa shape index (κ2) is 4.98. The third kappa shape index (κ3) is 2.08. The molecule has 0 fully saturated rings. The number of halogens is 3.